The highest BCUT2D eigenvalue weighted by Crippen LogP contribution is 2.55. The van der Waals surface area contributed by atoms with Gasteiger partial charge < -0.3 is 0 Å². The number of fused-ring (bicyclic) bond motifs is 4. The van der Waals surface area contributed by atoms with E-state index in [0.717, 1.165) is 27.0 Å². The number of hydrogen-bond donors (Lipinski definition) is 0. The third-order valence-electron chi connectivity index (χ3n) is 10.1. The first-order valence-electron chi connectivity index (χ1n) is 17.6. The van der Waals surface area contributed by atoms with E-state index >= 15 is 0 Å². The van der Waals surface area contributed by atoms with Crippen LogP contribution in [0.15, 0.2) is 95.5 Å². The van der Waals surface area contributed by atoms with Gasteiger partial charge >= 0.3 is 0 Å². The van der Waals surface area contributed by atoms with E-state index in [1.165, 1.54) is 112 Å². The van der Waals surface area contributed by atoms with Crippen LogP contribution >= 0.6 is 15.9 Å². The highest BCUT2D eigenvalue weighted by atomic mass is 79.9. The van der Waals surface area contributed by atoms with Gasteiger partial charge in [0.25, 0.3) is 0 Å². The normalized spacial score (nSPS) is 13.3. The minimum absolute atomic E-state index is 0.0614. The summed E-state index contributed by atoms with van der Waals surface area (Å²) in [4.78, 5) is 5.26. The number of para-hydroxylation sites is 2. The third-order valence-corrected chi connectivity index (χ3v) is 10.6. The van der Waals surface area contributed by atoms with E-state index in [4.69, 9.17) is 4.98 Å². The second-order valence-corrected chi connectivity index (χ2v) is 14.1. The molecule has 0 saturated carbocycles. The van der Waals surface area contributed by atoms with E-state index in [1.54, 1.807) is 5.56 Å². The van der Waals surface area contributed by atoms with E-state index < -0.39 is 0 Å². The number of rotatable bonds is 16. The molecule has 234 valence electrons. The van der Waals surface area contributed by atoms with Crippen LogP contribution in [0.2, 0.25) is 0 Å². The lowest BCUT2D eigenvalue weighted by atomic mass is 9.70. The number of hydrogen-bond acceptors (Lipinski definition) is 1. The van der Waals surface area contributed by atoms with Gasteiger partial charge in [0, 0.05) is 21.1 Å². The van der Waals surface area contributed by atoms with Crippen LogP contribution in [0.5, 0.6) is 0 Å². The lowest BCUT2D eigenvalue weighted by molar-refractivity contribution is 0.398. The summed E-state index contributed by atoms with van der Waals surface area (Å²) in [5.74, 6) is 1.02. The molecule has 5 aromatic rings. The average Bonchev–Trinajstić information content (AvgIpc) is 3.59. The summed E-state index contributed by atoms with van der Waals surface area (Å²) in [5, 5.41) is 0. The molecule has 0 amide bonds. The Morgan fingerprint density at radius 2 is 1.20 bits per heavy atom. The molecule has 0 aliphatic heterocycles. The number of aromatic nitrogens is 2. The SMILES string of the molecule is CCCCCCCCC1(CCCCCCCC)c2ccccc2-c2ccc(-c3nc4ccccc4n3-c3ccc(Br)cc3)cc21. The predicted molar refractivity (Wildman–Crippen MR) is 196 cm³/mol. The standard InChI is InChI=1S/C42H49BrN2/c1-3-5-7-9-11-17-29-42(30-18-12-10-8-6-4-2)37-20-14-13-19-35(37)36-28-23-32(31-38(36)42)41-44-39-21-15-16-22-40(39)45(41)34-26-24-33(43)25-27-34/h13-16,19-28,31H,3-12,17-18,29-30H2,1-2H3. The largest absolute Gasteiger partial charge is 0.292 e. The Balaban J connectivity index is 1.43. The highest BCUT2D eigenvalue weighted by Gasteiger charge is 2.42. The van der Waals surface area contributed by atoms with Crippen molar-refractivity contribution in [2.24, 2.45) is 0 Å². The Labute approximate surface area is 279 Å². The molecule has 0 atom stereocenters. The smallest absolute Gasteiger partial charge is 0.145 e. The summed E-state index contributed by atoms with van der Waals surface area (Å²) in [6, 6.07) is 33.7. The maximum absolute atomic E-state index is 5.26. The van der Waals surface area contributed by atoms with Gasteiger partial charge in [-0.3, -0.25) is 4.57 Å². The van der Waals surface area contributed by atoms with Gasteiger partial charge in [0.2, 0.25) is 0 Å². The molecular formula is C42H49BrN2. The van der Waals surface area contributed by atoms with Crippen LogP contribution in [0.1, 0.15) is 115 Å². The topological polar surface area (TPSA) is 17.8 Å². The van der Waals surface area contributed by atoms with Crippen molar-refractivity contribution in [2.75, 3.05) is 0 Å². The highest BCUT2D eigenvalue weighted by molar-refractivity contribution is 9.10. The van der Waals surface area contributed by atoms with E-state index in [-0.39, 0.29) is 5.41 Å². The van der Waals surface area contributed by atoms with Crippen LogP contribution in [0, 0.1) is 0 Å². The van der Waals surface area contributed by atoms with E-state index in [9.17, 15) is 0 Å². The van der Waals surface area contributed by atoms with Crippen molar-refractivity contribution in [3.63, 3.8) is 0 Å². The summed E-state index contributed by atoms with van der Waals surface area (Å²) >= 11 is 3.63. The van der Waals surface area contributed by atoms with Gasteiger partial charge in [-0.15, -0.1) is 0 Å². The van der Waals surface area contributed by atoms with Crippen molar-refractivity contribution in [3.8, 4) is 28.2 Å². The van der Waals surface area contributed by atoms with Gasteiger partial charge in [0.05, 0.1) is 11.0 Å². The van der Waals surface area contributed by atoms with Crippen molar-refractivity contribution in [2.45, 2.75) is 109 Å². The predicted octanol–water partition coefficient (Wildman–Crippen LogP) is 13.2. The molecule has 1 aliphatic rings. The summed E-state index contributed by atoms with van der Waals surface area (Å²) in [6.45, 7) is 4.62. The molecule has 0 fully saturated rings. The van der Waals surface area contributed by atoms with Gasteiger partial charge in [-0.1, -0.05) is 155 Å². The zero-order chi connectivity index (χ0) is 31.1. The van der Waals surface area contributed by atoms with Crippen LogP contribution in [0.4, 0.5) is 0 Å². The Morgan fingerprint density at radius 1 is 0.600 bits per heavy atom. The van der Waals surface area contributed by atoms with Gasteiger partial charge in [0.1, 0.15) is 5.82 Å². The van der Waals surface area contributed by atoms with Crippen molar-refractivity contribution in [1.82, 2.24) is 9.55 Å². The lowest BCUT2D eigenvalue weighted by Crippen LogP contribution is -2.25. The van der Waals surface area contributed by atoms with Crippen molar-refractivity contribution in [3.05, 3.63) is 107 Å². The Hall–Kier alpha value is -3.17. The molecule has 3 heteroatoms. The molecule has 0 spiro atoms. The molecule has 4 aromatic carbocycles. The summed E-state index contributed by atoms with van der Waals surface area (Å²) in [5.41, 5.74) is 10.5. The average molecular weight is 662 g/mol. The number of imidazole rings is 1. The maximum atomic E-state index is 5.26. The molecule has 2 nitrogen and oxygen atoms in total. The molecule has 0 radical (unpaired) electrons. The second kappa shape index (κ2) is 14.9. The zero-order valence-corrected chi connectivity index (χ0v) is 28.9. The molecular weight excluding hydrogens is 612 g/mol. The first-order chi connectivity index (χ1) is 22.2. The van der Waals surface area contributed by atoms with Crippen molar-refractivity contribution >= 4 is 27.0 Å². The first-order valence-corrected chi connectivity index (χ1v) is 18.4. The fourth-order valence-corrected chi connectivity index (χ4v) is 8.01. The van der Waals surface area contributed by atoms with Crippen molar-refractivity contribution < 1.29 is 0 Å². The van der Waals surface area contributed by atoms with E-state index in [2.05, 4.69) is 125 Å². The minimum atomic E-state index is 0.0614. The Morgan fingerprint density at radius 3 is 1.91 bits per heavy atom. The number of benzene rings is 4. The Kier molecular flexibility index (Phi) is 10.6. The molecule has 1 heterocycles. The van der Waals surface area contributed by atoms with E-state index in [1.807, 2.05) is 0 Å². The fourth-order valence-electron chi connectivity index (χ4n) is 7.74. The molecule has 0 saturated heterocycles. The molecule has 0 unspecified atom stereocenters. The van der Waals surface area contributed by atoms with Gasteiger partial charge in [-0.25, -0.2) is 4.98 Å². The number of nitrogens with zero attached hydrogens (tertiary/aromatic N) is 2. The van der Waals surface area contributed by atoms with Crippen molar-refractivity contribution in [1.29, 1.82) is 0 Å². The summed E-state index contributed by atoms with van der Waals surface area (Å²) in [7, 11) is 0. The number of unbranched alkanes of at least 4 members (excludes halogenated alkanes) is 10. The first kappa shape index (κ1) is 31.8. The van der Waals surface area contributed by atoms with Crippen LogP contribution < -0.4 is 0 Å². The van der Waals surface area contributed by atoms with Gasteiger partial charge in [0.15, 0.2) is 0 Å². The molecule has 45 heavy (non-hydrogen) atoms. The Bertz CT molecular complexity index is 1680. The molecule has 0 N–H and O–H groups in total. The van der Waals surface area contributed by atoms with Crippen LogP contribution in [-0.4, -0.2) is 9.55 Å². The van der Waals surface area contributed by atoms with Gasteiger partial charge in [-0.05, 0) is 77.6 Å². The summed E-state index contributed by atoms with van der Waals surface area (Å²) < 4.78 is 3.43. The monoisotopic (exact) mass is 660 g/mol. The molecule has 0 bridgehead atoms. The van der Waals surface area contributed by atoms with E-state index in [0.29, 0.717) is 0 Å². The van der Waals surface area contributed by atoms with Gasteiger partial charge in [-0.2, -0.15) is 0 Å². The lowest BCUT2D eigenvalue weighted by Gasteiger charge is -2.33. The van der Waals surface area contributed by atoms with Crippen LogP contribution in [-0.2, 0) is 5.41 Å². The maximum Gasteiger partial charge on any atom is 0.145 e. The number of halogens is 1. The summed E-state index contributed by atoms with van der Waals surface area (Å²) in [6.07, 6.45) is 18.4. The zero-order valence-electron chi connectivity index (χ0n) is 27.3. The van der Waals surface area contributed by atoms with Crippen LogP contribution in [0.3, 0.4) is 0 Å². The molecule has 6 rings (SSSR count). The molecule has 1 aromatic heterocycles. The fraction of sp³-hybridized carbons (Fsp3) is 0.405. The second-order valence-electron chi connectivity index (χ2n) is 13.2. The minimum Gasteiger partial charge on any atom is -0.292 e. The third kappa shape index (κ3) is 6.70. The molecule has 1 aliphatic carbocycles. The van der Waals surface area contributed by atoms with Crippen LogP contribution in [0.25, 0.3) is 39.2 Å². The quantitative estimate of drug-likeness (QED) is 0.0963.